The highest BCUT2D eigenvalue weighted by Gasteiger charge is 2.30. The van der Waals surface area contributed by atoms with Gasteiger partial charge in [0.15, 0.2) is 0 Å². The first kappa shape index (κ1) is 18.5. The van der Waals surface area contributed by atoms with Crippen LogP contribution in [0.4, 0.5) is 13.2 Å². The number of benzene rings is 1. The van der Waals surface area contributed by atoms with Crippen molar-refractivity contribution in [3.8, 4) is 0 Å². The predicted molar refractivity (Wildman–Crippen MR) is 80.5 cm³/mol. The van der Waals surface area contributed by atoms with Crippen molar-refractivity contribution in [2.45, 2.75) is 26.4 Å². The molecule has 0 radical (unpaired) electrons. The van der Waals surface area contributed by atoms with E-state index in [0.717, 1.165) is 18.7 Å². The van der Waals surface area contributed by atoms with E-state index < -0.39 is 11.7 Å². The van der Waals surface area contributed by atoms with Gasteiger partial charge in [-0.15, -0.1) is 0 Å². The van der Waals surface area contributed by atoms with E-state index in [1.54, 1.807) is 0 Å². The molecular weight excluding hydrogens is 293 g/mol. The average Bonchev–Trinajstić information content (AvgIpc) is 2.34. The van der Waals surface area contributed by atoms with Gasteiger partial charge in [0.1, 0.15) is 0 Å². The lowest BCUT2D eigenvalue weighted by Crippen LogP contribution is -2.40. The van der Waals surface area contributed by atoms with Crippen molar-refractivity contribution in [1.29, 1.82) is 0 Å². The average molecular weight is 316 g/mol. The number of nitrogens with zero attached hydrogens (tertiary/aromatic N) is 1. The molecule has 0 aliphatic carbocycles. The van der Waals surface area contributed by atoms with Crippen LogP contribution in [0.15, 0.2) is 24.3 Å². The molecule has 1 N–H and O–H groups in total. The largest absolute Gasteiger partial charge is 0.416 e. The Morgan fingerprint density at radius 1 is 1.23 bits per heavy atom. The lowest BCUT2D eigenvalue weighted by molar-refractivity contribution is -0.137. The Morgan fingerprint density at radius 3 is 2.41 bits per heavy atom. The van der Waals surface area contributed by atoms with E-state index in [4.69, 9.17) is 0 Å². The van der Waals surface area contributed by atoms with Crippen LogP contribution in [0.1, 0.15) is 25.0 Å². The predicted octanol–water partition coefficient (Wildman–Crippen LogP) is 2.95. The molecule has 0 spiro atoms. The van der Waals surface area contributed by atoms with Crippen LogP contribution in [0.2, 0.25) is 0 Å². The molecule has 1 rings (SSSR count). The van der Waals surface area contributed by atoms with E-state index in [2.05, 4.69) is 5.32 Å². The third-order valence-electron chi connectivity index (χ3n) is 3.13. The number of amides is 1. The lowest BCUT2D eigenvalue weighted by Gasteiger charge is -2.28. The number of rotatable bonds is 6. The van der Waals surface area contributed by atoms with Gasteiger partial charge in [0, 0.05) is 13.1 Å². The van der Waals surface area contributed by atoms with Crippen molar-refractivity contribution in [2.75, 3.05) is 27.2 Å². The maximum absolute atomic E-state index is 12.6. The molecule has 6 heteroatoms. The number of halogens is 3. The molecule has 0 unspecified atom stereocenters. The van der Waals surface area contributed by atoms with Gasteiger partial charge in [0.25, 0.3) is 0 Å². The SMILES string of the molecule is CN(C)CC(C)(C)CNC(=O)Cc1cccc(C(F)(F)F)c1. The topological polar surface area (TPSA) is 32.3 Å². The zero-order valence-electron chi connectivity index (χ0n) is 13.4. The van der Waals surface area contributed by atoms with Crippen LogP contribution in [0.25, 0.3) is 0 Å². The van der Waals surface area contributed by atoms with Gasteiger partial charge < -0.3 is 10.2 Å². The first-order valence-electron chi connectivity index (χ1n) is 7.07. The second-order valence-corrected chi connectivity index (χ2v) is 6.55. The van der Waals surface area contributed by atoms with Gasteiger partial charge in [-0.2, -0.15) is 13.2 Å². The minimum atomic E-state index is -4.39. The molecule has 0 fully saturated rings. The summed E-state index contributed by atoms with van der Waals surface area (Å²) in [6.45, 7) is 5.33. The molecule has 3 nitrogen and oxygen atoms in total. The molecule has 124 valence electrons. The number of nitrogens with one attached hydrogen (secondary N) is 1. The normalized spacial score (nSPS) is 12.5. The molecule has 0 aliphatic rings. The first-order chi connectivity index (χ1) is 9.99. The fourth-order valence-corrected chi connectivity index (χ4v) is 2.36. The highest BCUT2D eigenvalue weighted by atomic mass is 19.4. The first-order valence-corrected chi connectivity index (χ1v) is 7.07. The zero-order chi connectivity index (χ0) is 17.0. The van der Waals surface area contributed by atoms with Gasteiger partial charge in [-0.05, 0) is 31.1 Å². The molecule has 1 aromatic rings. The Kier molecular flexibility index (Phi) is 6.00. The van der Waals surface area contributed by atoms with E-state index in [-0.39, 0.29) is 17.7 Å². The van der Waals surface area contributed by atoms with Crippen LogP contribution >= 0.6 is 0 Å². The number of carbonyl (C=O) groups is 1. The molecule has 0 heterocycles. The van der Waals surface area contributed by atoms with Crippen LogP contribution in [0.5, 0.6) is 0 Å². The van der Waals surface area contributed by atoms with E-state index in [1.807, 2.05) is 32.8 Å². The van der Waals surface area contributed by atoms with Crippen LogP contribution < -0.4 is 5.32 Å². The monoisotopic (exact) mass is 316 g/mol. The van der Waals surface area contributed by atoms with E-state index >= 15 is 0 Å². The maximum atomic E-state index is 12.6. The minimum absolute atomic E-state index is 0.0536. The smallest absolute Gasteiger partial charge is 0.355 e. The minimum Gasteiger partial charge on any atom is -0.355 e. The van der Waals surface area contributed by atoms with E-state index in [9.17, 15) is 18.0 Å². The third-order valence-corrected chi connectivity index (χ3v) is 3.13. The summed E-state index contributed by atoms with van der Waals surface area (Å²) in [5.74, 6) is -0.272. The molecule has 1 amide bonds. The fourth-order valence-electron chi connectivity index (χ4n) is 2.36. The number of carbonyl (C=O) groups excluding carboxylic acids is 1. The van der Waals surface area contributed by atoms with Crippen molar-refractivity contribution >= 4 is 5.91 Å². The van der Waals surface area contributed by atoms with Crippen molar-refractivity contribution in [3.63, 3.8) is 0 Å². The zero-order valence-corrected chi connectivity index (χ0v) is 13.4. The second kappa shape index (κ2) is 7.13. The number of alkyl halides is 3. The summed E-state index contributed by atoms with van der Waals surface area (Å²) in [4.78, 5) is 13.9. The van der Waals surface area contributed by atoms with Crippen LogP contribution in [0, 0.1) is 5.41 Å². The number of hydrogen-bond donors (Lipinski definition) is 1. The van der Waals surface area contributed by atoms with Gasteiger partial charge >= 0.3 is 6.18 Å². The highest BCUT2D eigenvalue weighted by Crippen LogP contribution is 2.29. The molecule has 0 bridgehead atoms. The van der Waals surface area contributed by atoms with Crippen LogP contribution in [-0.2, 0) is 17.4 Å². The molecule has 0 aliphatic heterocycles. The Bertz CT molecular complexity index is 510. The van der Waals surface area contributed by atoms with Crippen molar-refractivity contribution in [3.05, 3.63) is 35.4 Å². The molecule has 0 saturated heterocycles. The van der Waals surface area contributed by atoms with Gasteiger partial charge in [-0.3, -0.25) is 4.79 Å². The third kappa shape index (κ3) is 6.47. The van der Waals surface area contributed by atoms with Gasteiger partial charge in [-0.1, -0.05) is 32.0 Å². The standard InChI is InChI=1S/C16H23F3N2O/c1-15(2,11-21(3)4)10-20-14(22)9-12-6-5-7-13(8-12)16(17,18)19/h5-8H,9-11H2,1-4H3,(H,20,22). The molecule has 0 saturated carbocycles. The summed E-state index contributed by atoms with van der Waals surface area (Å²) < 4.78 is 37.9. The lowest BCUT2D eigenvalue weighted by atomic mass is 9.93. The summed E-state index contributed by atoms with van der Waals surface area (Å²) in [6, 6.07) is 4.87. The Labute approximate surface area is 129 Å². The quantitative estimate of drug-likeness (QED) is 0.875. The van der Waals surface area contributed by atoms with Gasteiger partial charge in [-0.25, -0.2) is 0 Å². The molecule has 0 atom stereocenters. The fraction of sp³-hybridized carbons (Fsp3) is 0.562. The van der Waals surface area contributed by atoms with E-state index in [1.165, 1.54) is 12.1 Å². The van der Waals surface area contributed by atoms with Gasteiger partial charge in [0.05, 0.1) is 12.0 Å². The van der Waals surface area contributed by atoms with Crippen LogP contribution in [0.3, 0.4) is 0 Å². The Balaban J connectivity index is 2.59. The van der Waals surface area contributed by atoms with Crippen molar-refractivity contribution < 1.29 is 18.0 Å². The summed E-state index contributed by atoms with van der Waals surface area (Å²) in [5, 5.41) is 2.79. The molecular formula is C16H23F3N2O. The molecule has 0 aromatic heterocycles. The summed E-state index contributed by atoms with van der Waals surface area (Å²) in [6.07, 6.45) is -4.44. The highest BCUT2D eigenvalue weighted by molar-refractivity contribution is 5.78. The summed E-state index contributed by atoms with van der Waals surface area (Å²) in [7, 11) is 3.90. The second-order valence-electron chi connectivity index (χ2n) is 6.55. The summed E-state index contributed by atoms with van der Waals surface area (Å²) in [5.41, 5.74) is -0.476. The number of hydrogen-bond acceptors (Lipinski definition) is 2. The van der Waals surface area contributed by atoms with Crippen molar-refractivity contribution in [2.24, 2.45) is 5.41 Å². The van der Waals surface area contributed by atoms with E-state index in [0.29, 0.717) is 12.1 Å². The van der Waals surface area contributed by atoms with Gasteiger partial charge in [0.2, 0.25) is 5.91 Å². The summed E-state index contributed by atoms with van der Waals surface area (Å²) >= 11 is 0. The Morgan fingerprint density at radius 2 is 1.86 bits per heavy atom. The van der Waals surface area contributed by atoms with Crippen molar-refractivity contribution in [1.82, 2.24) is 10.2 Å². The maximum Gasteiger partial charge on any atom is 0.416 e. The Hall–Kier alpha value is -1.56. The van der Waals surface area contributed by atoms with Crippen LogP contribution in [-0.4, -0.2) is 38.0 Å². The molecule has 22 heavy (non-hydrogen) atoms. The molecule has 1 aromatic carbocycles.